The third-order valence-corrected chi connectivity index (χ3v) is 8.24. The highest BCUT2D eigenvalue weighted by Gasteiger charge is 2.20. The van der Waals surface area contributed by atoms with Gasteiger partial charge in [0, 0.05) is 18.0 Å². The van der Waals surface area contributed by atoms with Gasteiger partial charge in [0.05, 0.1) is 17.1 Å². The molecule has 0 saturated carbocycles. The van der Waals surface area contributed by atoms with Crippen LogP contribution in [0.5, 0.6) is 0 Å². The summed E-state index contributed by atoms with van der Waals surface area (Å²) >= 11 is 8.31. The first-order chi connectivity index (χ1) is 18.0. The molecule has 0 spiro atoms. The fraction of sp³-hybridized carbons (Fsp3) is 0.0741. The Morgan fingerprint density at radius 3 is 2.49 bits per heavy atom. The average Bonchev–Trinajstić information content (AvgIpc) is 3.24. The number of aromatic nitrogens is 5. The van der Waals surface area contributed by atoms with E-state index in [1.807, 2.05) is 72.2 Å². The fourth-order valence-electron chi connectivity index (χ4n) is 4.18. The monoisotopic (exact) mass is 541 g/mol. The van der Waals surface area contributed by atoms with Gasteiger partial charge in [-0.2, -0.15) is 0 Å². The second-order valence-electron chi connectivity index (χ2n) is 8.32. The van der Waals surface area contributed by atoms with Crippen LogP contribution < -0.4 is 11.1 Å². The molecule has 0 N–H and O–H groups in total. The Bertz CT molecular complexity index is 1970. The maximum absolute atomic E-state index is 13.9. The molecule has 0 atom stereocenters. The predicted molar refractivity (Wildman–Crippen MR) is 151 cm³/mol. The molecule has 0 aliphatic rings. The first kappa shape index (κ1) is 23.5. The molecular formula is C27H19N5O2S3. The highest BCUT2D eigenvalue weighted by Crippen LogP contribution is 2.29. The number of para-hydroxylation sites is 2. The minimum Gasteiger partial charge on any atom is -0.275 e. The summed E-state index contributed by atoms with van der Waals surface area (Å²) in [6, 6.07) is 24.2. The zero-order valence-corrected chi connectivity index (χ0v) is 22.0. The lowest BCUT2D eigenvalue weighted by Crippen LogP contribution is -2.21. The topological polar surface area (TPSA) is 74.2 Å². The molecule has 0 fully saturated rings. The molecule has 6 aromatic rings. The Kier molecular flexibility index (Phi) is 6.07. The predicted octanol–water partition coefficient (Wildman–Crippen LogP) is 5.58. The van der Waals surface area contributed by atoms with Crippen LogP contribution in [0.3, 0.4) is 0 Å². The van der Waals surface area contributed by atoms with E-state index in [1.165, 1.54) is 33.6 Å². The van der Waals surface area contributed by atoms with Gasteiger partial charge >= 0.3 is 0 Å². The summed E-state index contributed by atoms with van der Waals surface area (Å²) in [4.78, 5) is 36.1. The molecule has 182 valence electrons. The van der Waals surface area contributed by atoms with Crippen LogP contribution in [0.15, 0.2) is 99.8 Å². The number of hydrogen-bond acceptors (Lipinski definition) is 7. The Hall–Kier alpha value is -3.86. The number of fused-ring (bicyclic) bond motifs is 2. The summed E-state index contributed by atoms with van der Waals surface area (Å²) in [6.07, 6.45) is 1.69. The van der Waals surface area contributed by atoms with Gasteiger partial charge in [-0.25, -0.2) is 9.97 Å². The summed E-state index contributed by atoms with van der Waals surface area (Å²) in [5, 5.41) is 0.494. The van der Waals surface area contributed by atoms with Gasteiger partial charge in [0.1, 0.15) is 10.3 Å². The Labute approximate surface area is 224 Å². The van der Waals surface area contributed by atoms with Crippen molar-refractivity contribution in [2.45, 2.75) is 17.8 Å². The molecule has 6 rings (SSSR count). The number of nitrogens with zero attached hydrogens (tertiary/aromatic N) is 5. The number of rotatable bonds is 5. The van der Waals surface area contributed by atoms with Gasteiger partial charge < -0.3 is 0 Å². The maximum Gasteiger partial charge on any atom is 0.278 e. The number of hydrogen-bond donors (Lipinski definition) is 0. The first-order valence-electron chi connectivity index (χ1n) is 11.4. The molecule has 0 saturated heterocycles. The quantitative estimate of drug-likeness (QED) is 0.161. The van der Waals surface area contributed by atoms with E-state index in [2.05, 4.69) is 4.98 Å². The third-order valence-electron chi connectivity index (χ3n) is 5.92. The van der Waals surface area contributed by atoms with E-state index in [-0.39, 0.29) is 11.1 Å². The molecule has 0 radical (unpaired) electrons. The number of benzene rings is 2. The van der Waals surface area contributed by atoms with E-state index in [4.69, 9.17) is 17.2 Å². The maximum atomic E-state index is 13.9. The highest BCUT2D eigenvalue weighted by molar-refractivity contribution is 7.98. The first-order valence-corrected chi connectivity index (χ1v) is 13.6. The van der Waals surface area contributed by atoms with E-state index < -0.39 is 0 Å². The fourth-order valence-corrected chi connectivity index (χ4v) is 6.37. The van der Waals surface area contributed by atoms with E-state index in [0.29, 0.717) is 42.2 Å². The van der Waals surface area contributed by atoms with Crippen molar-refractivity contribution in [2.75, 3.05) is 0 Å². The highest BCUT2D eigenvalue weighted by atomic mass is 32.2. The number of pyridine rings is 1. The minimum absolute atomic E-state index is 0.156. The zero-order valence-electron chi connectivity index (χ0n) is 19.6. The van der Waals surface area contributed by atoms with Crippen LogP contribution in [-0.4, -0.2) is 23.5 Å². The summed E-state index contributed by atoms with van der Waals surface area (Å²) in [6.45, 7) is 2.01. The second kappa shape index (κ2) is 9.55. The van der Waals surface area contributed by atoms with E-state index >= 15 is 0 Å². The Balaban J connectivity index is 1.54. The largest absolute Gasteiger partial charge is 0.278 e. The van der Waals surface area contributed by atoms with Gasteiger partial charge in [-0.05, 0) is 55.0 Å². The van der Waals surface area contributed by atoms with Crippen LogP contribution in [-0.2, 0) is 5.75 Å². The van der Waals surface area contributed by atoms with Crippen molar-refractivity contribution in [3.05, 3.63) is 121 Å². The van der Waals surface area contributed by atoms with E-state index in [9.17, 15) is 9.59 Å². The molecule has 10 heteroatoms. The van der Waals surface area contributed by atoms with Crippen LogP contribution in [0, 0.1) is 10.9 Å². The third kappa shape index (κ3) is 4.22. The summed E-state index contributed by atoms with van der Waals surface area (Å²) in [5.74, 6) is 0.362. The molecule has 0 amide bonds. The lowest BCUT2D eigenvalue weighted by atomic mass is 10.2. The van der Waals surface area contributed by atoms with Crippen LogP contribution >= 0.6 is 35.3 Å². The molecule has 37 heavy (non-hydrogen) atoms. The van der Waals surface area contributed by atoms with Crippen molar-refractivity contribution in [2.24, 2.45) is 0 Å². The van der Waals surface area contributed by atoms with Crippen molar-refractivity contribution in [3.8, 4) is 11.4 Å². The van der Waals surface area contributed by atoms with Crippen molar-refractivity contribution >= 4 is 51.3 Å². The van der Waals surface area contributed by atoms with Gasteiger partial charge in [-0.1, -0.05) is 65.6 Å². The summed E-state index contributed by atoms with van der Waals surface area (Å²) < 4.78 is 6.02. The lowest BCUT2D eigenvalue weighted by molar-refractivity contribution is 0.811. The normalized spacial score (nSPS) is 11.4. The Morgan fingerprint density at radius 1 is 0.919 bits per heavy atom. The van der Waals surface area contributed by atoms with Crippen molar-refractivity contribution in [3.63, 3.8) is 0 Å². The van der Waals surface area contributed by atoms with E-state index in [1.54, 1.807) is 22.9 Å². The molecule has 0 aliphatic heterocycles. The standard InChI is InChI=1S/C27H19N5O2S3/c1-17-9-5-6-12-20(17)32-24-23(37-27(32)35)25(34)31(19-10-3-2-4-11-19)26(29-24)36-16-18-15-22(33)30-14-8-7-13-21(30)28-18/h2-15H,16H2,1H3. The summed E-state index contributed by atoms with van der Waals surface area (Å²) in [5.41, 5.74) is 3.99. The van der Waals surface area contributed by atoms with Gasteiger partial charge in [-0.15, -0.1) is 0 Å². The van der Waals surface area contributed by atoms with Gasteiger partial charge in [-0.3, -0.25) is 23.1 Å². The van der Waals surface area contributed by atoms with Crippen molar-refractivity contribution in [1.82, 2.24) is 23.5 Å². The van der Waals surface area contributed by atoms with Crippen LogP contribution in [0.1, 0.15) is 11.3 Å². The molecule has 0 bridgehead atoms. The smallest absolute Gasteiger partial charge is 0.275 e. The lowest BCUT2D eigenvalue weighted by Gasteiger charge is -2.13. The molecular weight excluding hydrogens is 523 g/mol. The number of thiazole rings is 1. The van der Waals surface area contributed by atoms with Gasteiger partial charge in [0.2, 0.25) is 0 Å². The number of thioether (sulfide) groups is 1. The molecule has 0 unspecified atom stereocenters. The minimum atomic E-state index is -0.186. The van der Waals surface area contributed by atoms with Crippen molar-refractivity contribution in [1.29, 1.82) is 0 Å². The molecule has 4 heterocycles. The average molecular weight is 542 g/mol. The van der Waals surface area contributed by atoms with Crippen LogP contribution in [0.4, 0.5) is 0 Å². The van der Waals surface area contributed by atoms with Crippen LogP contribution in [0.2, 0.25) is 0 Å². The van der Waals surface area contributed by atoms with Gasteiger partial charge in [0.25, 0.3) is 11.1 Å². The zero-order chi connectivity index (χ0) is 25.5. The van der Waals surface area contributed by atoms with Crippen LogP contribution in [0.25, 0.3) is 27.4 Å². The van der Waals surface area contributed by atoms with E-state index in [0.717, 1.165) is 11.3 Å². The molecule has 4 aromatic heterocycles. The molecule has 0 aliphatic carbocycles. The number of aryl methyl sites for hydroxylation is 1. The molecule has 7 nitrogen and oxygen atoms in total. The molecule has 2 aromatic carbocycles. The second-order valence-corrected chi connectivity index (χ2v) is 10.9. The Morgan fingerprint density at radius 2 is 1.68 bits per heavy atom. The SMILES string of the molecule is Cc1ccccc1-n1c(=S)sc2c(=O)n(-c3ccccc3)c(SCc3cc(=O)n4ccccc4n3)nc21. The van der Waals surface area contributed by atoms with Gasteiger partial charge in [0.15, 0.2) is 14.8 Å². The summed E-state index contributed by atoms with van der Waals surface area (Å²) in [7, 11) is 0. The van der Waals surface area contributed by atoms with Crippen molar-refractivity contribution < 1.29 is 0 Å².